The Bertz CT molecular complexity index is 672. The molecule has 0 aliphatic carbocycles. The third-order valence-electron chi connectivity index (χ3n) is 3.48. The average molecular weight is 262 g/mol. The molecule has 3 heterocycles. The summed E-state index contributed by atoms with van der Waals surface area (Å²) in [7, 11) is 7.90. The Morgan fingerprint density at radius 3 is 2.90 bits per heavy atom. The lowest BCUT2D eigenvalue weighted by Crippen LogP contribution is -2.20. The van der Waals surface area contributed by atoms with Gasteiger partial charge in [0.1, 0.15) is 13.5 Å². The van der Waals surface area contributed by atoms with Crippen LogP contribution in [-0.4, -0.2) is 34.3 Å². The van der Waals surface area contributed by atoms with E-state index in [0.29, 0.717) is 0 Å². The van der Waals surface area contributed by atoms with E-state index in [9.17, 15) is 0 Å². The average Bonchev–Trinajstić information content (AvgIpc) is 2.85. The third kappa shape index (κ3) is 2.31. The molecule has 98 valence electrons. The van der Waals surface area contributed by atoms with Crippen molar-refractivity contribution in [2.24, 2.45) is 18.0 Å². The van der Waals surface area contributed by atoms with Gasteiger partial charge in [-0.2, -0.15) is 5.10 Å². The summed E-state index contributed by atoms with van der Waals surface area (Å²) in [5.74, 6) is 0.0686. The largest absolute Gasteiger partial charge is 0.289 e. The van der Waals surface area contributed by atoms with E-state index in [-0.39, 0.29) is 11.9 Å². The number of aliphatic imine (C=N–C) groups is 1. The van der Waals surface area contributed by atoms with Crippen molar-refractivity contribution in [3.63, 3.8) is 0 Å². The van der Waals surface area contributed by atoms with Gasteiger partial charge < -0.3 is 0 Å². The van der Waals surface area contributed by atoms with Gasteiger partial charge >= 0.3 is 0 Å². The SMILES string of the molecule is [B]C1N=C(c2cc(-c3cccnc3)n(C)n2)C=CC1C. The highest BCUT2D eigenvalue weighted by atomic mass is 15.3. The predicted octanol–water partition coefficient (Wildman–Crippen LogP) is 1.97. The second-order valence-corrected chi connectivity index (χ2v) is 5.00. The first-order valence-electron chi connectivity index (χ1n) is 6.61. The van der Waals surface area contributed by atoms with E-state index in [2.05, 4.69) is 28.1 Å². The number of aryl methyl sites for hydroxylation is 1. The molecule has 2 atom stereocenters. The van der Waals surface area contributed by atoms with Gasteiger partial charge in [-0.05, 0) is 30.2 Å². The molecule has 0 fully saturated rings. The van der Waals surface area contributed by atoms with Crippen LogP contribution in [0, 0.1) is 5.92 Å². The lowest BCUT2D eigenvalue weighted by Gasteiger charge is -2.17. The Morgan fingerprint density at radius 1 is 1.35 bits per heavy atom. The Kier molecular flexibility index (Phi) is 3.26. The molecule has 20 heavy (non-hydrogen) atoms. The van der Waals surface area contributed by atoms with Crippen molar-refractivity contribution in [1.82, 2.24) is 14.8 Å². The van der Waals surface area contributed by atoms with E-state index in [1.165, 1.54) is 0 Å². The smallest absolute Gasteiger partial charge is 0.111 e. The Labute approximate surface area is 119 Å². The minimum absolute atomic E-state index is 0.196. The van der Waals surface area contributed by atoms with Crippen LogP contribution in [0.2, 0.25) is 0 Å². The molecule has 0 spiro atoms. The number of pyridine rings is 1. The maximum absolute atomic E-state index is 5.98. The highest BCUT2D eigenvalue weighted by Gasteiger charge is 2.17. The van der Waals surface area contributed by atoms with Gasteiger partial charge in [0, 0.05) is 30.9 Å². The van der Waals surface area contributed by atoms with Gasteiger partial charge in [0.2, 0.25) is 0 Å². The van der Waals surface area contributed by atoms with Crippen LogP contribution in [0.3, 0.4) is 0 Å². The number of nitrogens with zero attached hydrogens (tertiary/aromatic N) is 4. The lowest BCUT2D eigenvalue weighted by molar-refractivity contribution is 0.677. The quantitative estimate of drug-likeness (QED) is 0.776. The molecule has 0 amide bonds. The summed E-state index contributed by atoms with van der Waals surface area (Å²) in [5, 5.41) is 4.52. The zero-order valence-electron chi connectivity index (χ0n) is 11.6. The number of rotatable bonds is 2. The molecule has 1 aliphatic rings. The van der Waals surface area contributed by atoms with Crippen molar-refractivity contribution in [2.75, 3.05) is 0 Å². The van der Waals surface area contributed by atoms with E-state index in [0.717, 1.165) is 22.7 Å². The Hall–Kier alpha value is -2.17. The van der Waals surface area contributed by atoms with E-state index in [1.807, 2.05) is 42.2 Å². The molecule has 0 saturated heterocycles. The summed E-state index contributed by atoms with van der Waals surface area (Å²) >= 11 is 0. The molecular weight excluding hydrogens is 247 g/mol. The maximum Gasteiger partial charge on any atom is 0.111 e. The van der Waals surface area contributed by atoms with Gasteiger partial charge in [-0.15, -0.1) is 0 Å². The van der Waals surface area contributed by atoms with Crippen molar-refractivity contribution < 1.29 is 0 Å². The Morgan fingerprint density at radius 2 is 2.20 bits per heavy atom. The van der Waals surface area contributed by atoms with Crippen LogP contribution < -0.4 is 0 Å². The van der Waals surface area contributed by atoms with Crippen molar-refractivity contribution in [3.05, 3.63) is 48.4 Å². The minimum atomic E-state index is -0.196. The first kappa shape index (κ1) is 12.8. The molecule has 2 radical (unpaired) electrons. The van der Waals surface area contributed by atoms with Crippen LogP contribution in [0.4, 0.5) is 0 Å². The van der Waals surface area contributed by atoms with Gasteiger partial charge in [0.05, 0.1) is 11.4 Å². The second-order valence-electron chi connectivity index (χ2n) is 5.00. The van der Waals surface area contributed by atoms with Crippen LogP contribution in [0.1, 0.15) is 12.6 Å². The fourth-order valence-corrected chi connectivity index (χ4v) is 2.21. The number of aromatic nitrogens is 3. The summed E-state index contributed by atoms with van der Waals surface area (Å²) in [4.78, 5) is 8.64. The zero-order chi connectivity index (χ0) is 14.1. The zero-order valence-corrected chi connectivity index (χ0v) is 11.6. The molecule has 0 bridgehead atoms. The molecular formula is C15H15BN4. The topological polar surface area (TPSA) is 43.1 Å². The molecule has 5 heteroatoms. The molecule has 0 aromatic carbocycles. The standard InChI is InChI=1S/C15H15BN4/c1-10-5-6-12(18-15(10)16)13-8-14(20(2)19-13)11-4-3-7-17-9-11/h3-10,15H,1-2H3. The van der Waals surface area contributed by atoms with Gasteiger partial charge in [-0.25, -0.2) is 0 Å². The predicted molar refractivity (Wildman–Crippen MR) is 80.8 cm³/mol. The van der Waals surface area contributed by atoms with Gasteiger partial charge in [0.25, 0.3) is 0 Å². The maximum atomic E-state index is 5.98. The first-order chi connectivity index (χ1) is 9.65. The van der Waals surface area contributed by atoms with Crippen molar-refractivity contribution in [3.8, 4) is 11.3 Å². The molecule has 3 rings (SSSR count). The van der Waals surface area contributed by atoms with Crippen molar-refractivity contribution in [1.29, 1.82) is 0 Å². The molecule has 1 aliphatic heterocycles. The summed E-state index contributed by atoms with van der Waals surface area (Å²) in [6, 6.07) is 5.95. The number of hydrogen-bond donors (Lipinski definition) is 0. The van der Waals surface area contributed by atoms with Gasteiger partial charge in [-0.3, -0.25) is 14.7 Å². The molecule has 2 aromatic heterocycles. The number of dihydropyridines is 1. The lowest BCUT2D eigenvalue weighted by atomic mass is 9.83. The highest BCUT2D eigenvalue weighted by molar-refractivity contribution is 6.16. The fraction of sp³-hybridized carbons (Fsp3) is 0.267. The van der Waals surface area contributed by atoms with E-state index in [4.69, 9.17) is 7.85 Å². The van der Waals surface area contributed by atoms with Crippen LogP contribution >= 0.6 is 0 Å². The monoisotopic (exact) mass is 262 g/mol. The van der Waals surface area contributed by atoms with Crippen LogP contribution in [0.15, 0.2) is 47.7 Å². The fourth-order valence-electron chi connectivity index (χ4n) is 2.21. The van der Waals surface area contributed by atoms with Crippen molar-refractivity contribution in [2.45, 2.75) is 12.9 Å². The number of allylic oxidation sites excluding steroid dienone is 1. The summed E-state index contributed by atoms with van der Waals surface area (Å²) < 4.78 is 1.84. The number of hydrogen-bond acceptors (Lipinski definition) is 3. The third-order valence-corrected chi connectivity index (χ3v) is 3.48. The van der Waals surface area contributed by atoms with Gasteiger partial charge in [-0.1, -0.05) is 13.0 Å². The molecule has 2 aromatic rings. The van der Waals surface area contributed by atoms with Crippen LogP contribution in [0.25, 0.3) is 11.3 Å². The molecule has 4 nitrogen and oxygen atoms in total. The summed E-state index contributed by atoms with van der Waals surface area (Å²) in [6.45, 7) is 2.06. The van der Waals surface area contributed by atoms with Crippen LogP contribution in [0.5, 0.6) is 0 Å². The minimum Gasteiger partial charge on any atom is -0.289 e. The molecule has 0 N–H and O–H groups in total. The second kappa shape index (κ2) is 5.08. The molecule has 0 saturated carbocycles. The van der Waals surface area contributed by atoms with Crippen molar-refractivity contribution >= 4 is 13.6 Å². The highest BCUT2D eigenvalue weighted by Crippen LogP contribution is 2.21. The van der Waals surface area contributed by atoms with E-state index >= 15 is 0 Å². The van der Waals surface area contributed by atoms with E-state index in [1.54, 1.807) is 6.20 Å². The van der Waals surface area contributed by atoms with Crippen LogP contribution in [-0.2, 0) is 7.05 Å². The molecule has 2 unspecified atom stereocenters. The summed E-state index contributed by atoms with van der Waals surface area (Å²) in [5.41, 5.74) is 3.72. The Balaban J connectivity index is 1.98. The normalized spacial score (nSPS) is 21.8. The summed E-state index contributed by atoms with van der Waals surface area (Å²) in [6.07, 6.45) is 7.65. The van der Waals surface area contributed by atoms with E-state index < -0.39 is 0 Å². The first-order valence-corrected chi connectivity index (χ1v) is 6.61. The van der Waals surface area contributed by atoms with Gasteiger partial charge in [0.15, 0.2) is 0 Å².